The van der Waals surface area contributed by atoms with E-state index >= 15 is 0 Å². The number of pyridine rings is 1. The van der Waals surface area contributed by atoms with Crippen molar-refractivity contribution >= 4 is 11.7 Å². The molecule has 1 fully saturated rings. The molecule has 1 saturated heterocycles. The van der Waals surface area contributed by atoms with Gasteiger partial charge in [-0.25, -0.2) is 4.98 Å². The summed E-state index contributed by atoms with van der Waals surface area (Å²) in [6.07, 6.45) is 3.93. The van der Waals surface area contributed by atoms with Gasteiger partial charge < -0.3 is 14.9 Å². The van der Waals surface area contributed by atoms with Gasteiger partial charge in [-0.1, -0.05) is 0 Å². The van der Waals surface area contributed by atoms with E-state index in [-0.39, 0.29) is 18.1 Å². The summed E-state index contributed by atoms with van der Waals surface area (Å²) in [6.45, 7) is 2.55. The van der Waals surface area contributed by atoms with Gasteiger partial charge in [-0.3, -0.25) is 4.79 Å². The van der Waals surface area contributed by atoms with Gasteiger partial charge in [0.1, 0.15) is 5.82 Å². The molecular weight excluding hydrogens is 254 g/mol. The highest BCUT2D eigenvalue weighted by molar-refractivity contribution is 5.95. The summed E-state index contributed by atoms with van der Waals surface area (Å²) in [5.41, 5.74) is 0.668. The van der Waals surface area contributed by atoms with Crippen LogP contribution in [0.1, 0.15) is 36.5 Å². The van der Waals surface area contributed by atoms with E-state index in [1.54, 1.807) is 19.2 Å². The highest BCUT2D eigenvalue weighted by Gasteiger charge is 2.30. The minimum absolute atomic E-state index is 0.0404. The summed E-state index contributed by atoms with van der Waals surface area (Å²) in [7, 11) is 3.81. The normalized spacial score (nSPS) is 20.0. The molecule has 2 heterocycles. The molecule has 20 heavy (non-hydrogen) atoms. The standard InChI is InChI=1S/C15H23N3O2/c1-11(19)9-13-5-4-8-18(13)15(20)12-6-7-16-14(10-12)17(2)3/h6-7,10-11,13,19H,4-5,8-9H2,1-3H3. The topological polar surface area (TPSA) is 56.7 Å². The summed E-state index contributed by atoms with van der Waals surface area (Å²) in [4.78, 5) is 20.6. The Morgan fingerprint density at radius 2 is 2.35 bits per heavy atom. The first-order chi connectivity index (χ1) is 9.49. The Kier molecular flexibility index (Phi) is 4.60. The summed E-state index contributed by atoms with van der Waals surface area (Å²) >= 11 is 0. The number of hydrogen-bond donors (Lipinski definition) is 1. The zero-order chi connectivity index (χ0) is 14.7. The lowest BCUT2D eigenvalue weighted by atomic mass is 10.1. The zero-order valence-corrected chi connectivity index (χ0v) is 12.4. The second-order valence-corrected chi connectivity index (χ2v) is 5.68. The van der Waals surface area contributed by atoms with Gasteiger partial charge in [0.25, 0.3) is 5.91 Å². The Morgan fingerprint density at radius 3 is 3.00 bits per heavy atom. The predicted molar refractivity (Wildman–Crippen MR) is 78.9 cm³/mol. The van der Waals surface area contributed by atoms with Crippen LogP contribution in [0.2, 0.25) is 0 Å². The molecule has 0 bridgehead atoms. The molecule has 0 saturated carbocycles. The van der Waals surface area contributed by atoms with Crippen molar-refractivity contribution in [1.82, 2.24) is 9.88 Å². The fraction of sp³-hybridized carbons (Fsp3) is 0.600. The number of anilines is 1. The summed E-state index contributed by atoms with van der Waals surface area (Å²) < 4.78 is 0. The number of aliphatic hydroxyl groups is 1. The molecule has 2 rings (SSSR count). The molecule has 5 nitrogen and oxygen atoms in total. The minimum Gasteiger partial charge on any atom is -0.393 e. The Balaban J connectivity index is 2.16. The van der Waals surface area contributed by atoms with Crippen LogP contribution in [-0.2, 0) is 0 Å². The van der Waals surface area contributed by atoms with E-state index in [9.17, 15) is 9.90 Å². The molecule has 0 spiro atoms. The van der Waals surface area contributed by atoms with E-state index in [0.29, 0.717) is 12.0 Å². The number of likely N-dealkylation sites (tertiary alicyclic amines) is 1. The van der Waals surface area contributed by atoms with Gasteiger partial charge in [0, 0.05) is 38.4 Å². The van der Waals surface area contributed by atoms with Crippen LogP contribution in [0.25, 0.3) is 0 Å². The lowest BCUT2D eigenvalue weighted by Crippen LogP contribution is -2.37. The SMILES string of the molecule is CC(O)CC1CCCN1C(=O)c1ccnc(N(C)C)c1. The van der Waals surface area contributed by atoms with Crippen molar-refractivity contribution in [1.29, 1.82) is 0 Å². The number of hydrogen-bond acceptors (Lipinski definition) is 4. The second kappa shape index (κ2) is 6.22. The van der Waals surface area contributed by atoms with Gasteiger partial charge in [-0.2, -0.15) is 0 Å². The van der Waals surface area contributed by atoms with Crippen molar-refractivity contribution in [2.75, 3.05) is 25.5 Å². The van der Waals surface area contributed by atoms with Gasteiger partial charge in [0.2, 0.25) is 0 Å². The van der Waals surface area contributed by atoms with Crippen LogP contribution in [0, 0.1) is 0 Å². The highest BCUT2D eigenvalue weighted by Crippen LogP contribution is 2.24. The second-order valence-electron chi connectivity index (χ2n) is 5.68. The van der Waals surface area contributed by atoms with Crippen molar-refractivity contribution in [3.8, 4) is 0 Å². The van der Waals surface area contributed by atoms with Crippen LogP contribution >= 0.6 is 0 Å². The Hall–Kier alpha value is -1.62. The molecule has 0 aromatic carbocycles. The van der Waals surface area contributed by atoms with Gasteiger partial charge >= 0.3 is 0 Å². The first kappa shape index (κ1) is 14.8. The molecule has 2 unspecified atom stereocenters. The lowest BCUT2D eigenvalue weighted by Gasteiger charge is -2.26. The number of carbonyl (C=O) groups excluding carboxylic acids is 1. The molecular formula is C15H23N3O2. The summed E-state index contributed by atoms with van der Waals surface area (Å²) in [5, 5.41) is 9.55. The van der Waals surface area contributed by atoms with Crippen molar-refractivity contribution in [3.05, 3.63) is 23.9 Å². The third-order valence-electron chi connectivity index (χ3n) is 3.70. The smallest absolute Gasteiger partial charge is 0.254 e. The quantitative estimate of drug-likeness (QED) is 0.906. The van der Waals surface area contributed by atoms with E-state index in [1.807, 2.05) is 30.0 Å². The minimum atomic E-state index is -0.372. The zero-order valence-electron chi connectivity index (χ0n) is 12.4. The van der Waals surface area contributed by atoms with Crippen molar-refractivity contribution in [2.45, 2.75) is 38.3 Å². The maximum absolute atomic E-state index is 12.6. The average Bonchev–Trinajstić information content (AvgIpc) is 2.85. The number of rotatable bonds is 4. The Morgan fingerprint density at radius 1 is 1.60 bits per heavy atom. The lowest BCUT2D eigenvalue weighted by molar-refractivity contribution is 0.0682. The largest absolute Gasteiger partial charge is 0.393 e. The van der Waals surface area contributed by atoms with Crippen molar-refractivity contribution in [3.63, 3.8) is 0 Å². The predicted octanol–water partition coefficient (Wildman–Crippen LogP) is 1.52. The molecule has 1 N–H and O–H groups in total. The van der Waals surface area contributed by atoms with Crippen LogP contribution in [0.15, 0.2) is 18.3 Å². The van der Waals surface area contributed by atoms with E-state index < -0.39 is 0 Å². The van der Waals surface area contributed by atoms with E-state index in [0.717, 1.165) is 25.2 Å². The Bertz CT molecular complexity index is 474. The fourth-order valence-corrected chi connectivity index (χ4v) is 2.70. The molecule has 0 aliphatic carbocycles. The highest BCUT2D eigenvalue weighted by atomic mass is 16.3. The van der Waals surface area contributed by atoms with Gasteiger partial charge in [-0.05, 0) is 38.3 Å². The maximum atomic E-state index is 12.6. The molecule has 1 amide bonds. The van der Waals surface area contributed by atoms with Crippen molar-refractivity contribution < 1.29 is 9.90 Å². The monoisotopic (exact) mass is 277 g/mol. The molecule has 0 radical (unpaired) electrons. The Labute approximate surface area is 120 Å². The number of aliphatic hydroxyl groups excluding tert-OH is 1. The molecule has 1 aliphatic rings. The van der Waals surface area contributed by atoms with E-state index in [4.69, 9.17) is 0 Å². The van der Waals surface area contributed by atoms with Crippen molar-refractivity contribution in [2.24, 2.45) is 0 Å². The average molecular weight is 277 g/mol. The summed E-state index contributed by atoms with van der Waals surface area (Å²) in [6, 6.07) is 3.73. The molecule has 2 atom stereocenters. The van der Waals surface area contributed by atoms with Gasteiger partial charge in [0.15, 0.2) is 0 Å². The molecule has 1 aliphatic heterocycles. The number of carbonyl (C=O) groups is 1. The van der Waals surface area contributed by atoms with Crippen LogP contribution in [-0.4, -0.2) is 53.7 Å². The van der Waals surface area contributed by atoms with Crippen LogP contribution < -0.4 is 4.90 Å². The number of amides is 1. The first-order valence-corrected chi connectivity index (χ1v) is 7.11. The van der Waals surface area contributed by atoms with Crippen LogP contribution in [0.4, 0.5) is 5.82 Å². The third kappa shape index (κ3) is 3.28. The van der Waals surface area contributed by atoms with Gasteiger partial charge in [-0.15, -0.1) is 0 Å². The molecule has 110 valence electrons. The number of nitrogens with zero attached hydrogens (tertiary/aromatic N) is 3. The summed E-state index contributed by atoms with van der Waals surface area (Å²) in [5.74, 6) is 0.820. The fourth-order valence-electron chi connectivity index (χ4n) is 2.70. The van der Waals surface area contributed by atoms with E-state index in [2.05, 4.69) is 4.98 Å². The maximum Gasteiger partial charge on any atom is 0.254 e. The van der Waals surface area contributed by atoms with Crippen LogP contribution in [0.3, 0.4) is 0 Å². The first-order valence-electron chi connectivity index (χ1n) is 7.11. The molecule has 5 heteroatoms. The molecule has 1 aromatic rings. The van der Waals surface area contributed by atoms with Gasteiger partial charge in [0.05, 0.1) is 6.10 Å². The van der Waals surface area contributed by atoms with E-state index in [1.165, 1.54) is 0 Å². The molecule has 1 aromatic heterocycles. The number of aromatic nitrogens is 1. The third-order valence-corrected chi connectivity index (χ3v) is 3.70. The van der Waals surface area contributed by atoms with Crippen LogP contribution in [0.5, 0.6) is 0 Å².